The minimum absolute atomic E-state index is 0.537. The third kappa shape index (κ3) is 3.71. The van der Waals surface area contributed by atoms with Gasteiger partial charge in [-0.15, -0.1) is 0 Å². The van der Waals surface area contributed by atoms with Crippen LogP contribution in [0.5, 0.6) is 11.6 Å². The van der Waals surface area contributed by atoms with E-state index in [0.29, 0.717) is 30.3 Å². The van der Waals surface area contributed by atoms with Crippen LogP contribution in [0.4, 0.5) is 0 Å². The van der Waals surface area contributed by atoms with Crippen molar-refractivity contribution in [2.75, 3.05) is 14.2 Å². The van der Waals surface area contributed by atoms with E-state index in [2.05, 4.69) is 16.4 Å². The largest absolute Gasteiger partial charge is 0.495 e. The zero-order valence-electron chi connectivity index (χ0n) is 12.1. The number of nitrogens with one attached hydrogen (secondary N) is 1. The van der Waals surface area contributed by atoms with Crippen LogP contribution in [0.1, 0.15) is 16.7 Å². The van der Waals surface area contributed by atoms with Gasteiger partial charge in [-0.05, 0) is 23.8 Å². The van der Waals surface area contributed by atoms with Crippen molar-refractivity contribution in [2.45, 2.75) is 13.1 Å². The van der Waals surface area contributed by atoms with Crippen LogP contribution in [0.25, 0.3) is 0 Å². The maximum absolute atomic E-state index is 8.96. The van der Waals surface area contributed by atoms with Gasteiger partial charge in [-0.1, -0.05) is 12.1 Å². The zero-order valence-corrected chi connectivity index (χ0v) is 12.1. The topological polar surface area (TPSA) is 67.2 Å². The van der Waals surface area contributed by atoms with Crippen LogP contribution >= 0.6 is 0 Å². The highest BCUT2D eigenvalue weighted by Gasteiger charge is 2.05. The van der Waals surface area contributed by atoms with Gasteiger partial charge in [-0.3, -0.25) is 0 Å². The fraction of sp³-hybridized carbons (Fsp3) is 0.250. The molecule has 0 spiro atoms. The third-order valence-electron chi connectivity index (χ3n) is 3.07. The fourth-order valence-corrected chi connectivity index (χ4v) is 2.02. The van der Waals surface area contributed by atoms with Gasteiger partial charge >= 0.3 is 0 Å². The number of pyridine rings is 1. The lowest BCUT2D eigenvalue weighted by Crippen LogP contribution is -2.13. The van der Waals surface area contributed by atoms with Gasteiger partial charge in [0, 0.05) is 24.8 Å². The number of methoxy groups -OCH3 is 2. The second-order valence-electron chi connectivity index (χ2n) is 4.42. The Balaban J connectivity index is 1.99. The Bertz CT molecular complexity index is 650. The van der Waals surface area contributed by atoms with Crippen molar-refractivity contribution in [1.82, 2.24) is 10.3 Å². The fourth-order valence-electron chi connectivity index (χ4n) is 2.02. The molecule has 108 valence electrons. The van der Waals surface area contributed by atoms with E-state index in [4.69, 9.17) is 14.7 Å². The van der Waals surface area contributed by atoms with Crippen LogP contribution in [0.3, 0.4) is 0 Å². The number of aromatic nitrogens is 1. The lowest BCUT2D eigenvalue weighted by molar-refractivity contribution is 0.390. The molecule has 0 saturated carbocycles. The molecule has 0 bridgehead atoms. The summed E-state index contributed by atoms with van der Waals surface area (Å²) in [4.78, 5) is 4.15. The van der Waals surface area contributed by atoms with E-state index in [1.165, 1.54) is 0 Å². The van der Waals surface area contributed by atoms with E-state index >= 15 is 0 Å². The van der Waals surface area contributed by atoms with Crippen molar-refractivity contribution >= 4 is 0 Å². The molecule has 0 amide bonds. The molecule has 1 heterocycles. The molecule has 1 aromatic carbocycles. The summed E-state index contributed by atoms with van der Waals surface area (Å²) in [6.07, 6.45) is 1.70. The van der Waals surface area contributed by atoms with Gasteiger partial charge in [0.25, 0.3) is 0 Å². The quantitative estimate of drug-likeness (QED) is 0.880. The highest BCUT2D eigenvalue weighted by molar-refractivity contribution is 5.45. The van der Waals surface area contributed by atoms with Crippen molar-refractivity contribution in [3.8, 4) is 17.7 Å². The minimum atomic E-state index is 0.537. The SMILES string of the molecule is COc1cc(CNCc2cccnc2OC)ccc1C#N. The van der Waals surface area contributed by atoms with Crippen molar-refractivity contribution < 1.29 is 9.47 Å². The number of benzene rings is 1. The lowest BCUT2D eigenvalue weighted by Gasteiger charge is -2.10. The Labute approximate surface area is 124 Å². The second kappa shape index (κ2) is 7.27. The molecule has 2 rings (SSSR count). The van der Waals surface area contributed by atoms with Crippen molar-refractivity contribution in [1.29, 1.82) is 5.26 Å². The molecule has 0 saturated heterocycles. The number of nitrogens with zero attached hydrogens (tertiary/aromatic N) is 2. The maximum atomic E-state index is 8.96. The van der Waals surface area contributed by atoms with E-state index in [1.54, 1.807) is 26.5 Å². The summed E-state index contributed by atoms with van der Waals surface area (Å²) in [5.41, 5.74) is 2.59. The van der Waals surface area contributed by atoms with Crippen LogP contribution in [0.2, 0.25) is 0 Å². The molecule has 0 aliphatic rings. The summed E-state index contributed by atoms with van der Waals surface area (Å²) in [5, 5.41) is 12.3. The first-order valence-corrected chi connectivity index (χ1v) is 6.54. The molecule has 0 fully saturated rings. The van der Waals surface area contributed by atoms with Gasteiger partial charge in [0.1, 0.15) is 11.8 Å². The smallest absolute Gasteiger partial charge is 0.217 e. The van der Waals surface area contributed by atoms with Crippen molar-refractivity contribution in [3.63, 3.8) is 0 Å². The average Bonchev–Trinajstić information content (AvgIpc) is 2.55. The van der Waals surface area contributed by atoms with Crippen LogP contribution in [-0.2, 0) is 13.1 Å². The molecule has 2 aromatic rings. The Hall–Kier alpha value is -2.58. The third-order valence-corrected chi connectivity index (χ3v) is 3.07. The number of rotatable bonds is 6. The van der Waals surface area contributed by atoms with Crippen LogP contribution in [-0.4, -0.2) is 19.2 Å². The Kier molecular flexibility index (Phi) is 5.13. The van der Waals surface area contributed by atoms with E-state index in [1.807, 2.05) is 24.3 Å². The first-order chi connectivity index (χ1) is 10.3. The molecule has 1 aromatic heterocycles. The van der Waals surface area contributed by atoms with E-state index < -0.39 is 0 Å². The molecule has 0 atom stereocenters. The van der Waals surface area contributed by atoms with E-state index in [9.17, 15) is 0 Å². The molecule has 0 unspecified atom stereocenters. The molecular formula is C16H17N3O2. The predicted molar refractivity (Wildman–Crippen MR) is 79.0 cm³/mol. The lowest BCUT2D eigenvalue weighted by atomic mass is 10.1. The molecule has 1 N–H and O–H groups in total. The molecular weight excluding hydrogens is 266 g/mol. The first-order valence-electron chi connectivity index (χ1n) is 6.54. The standard InChI is InChI=1S/C16H17N3O2/c1-20-15-8-12(5-6-13(15)9-17)10-18-11-14-4-3-7-19-16(14)21-2/h3-8,18H,10-11H2,1-2H3. The Morgan fingerprint density at radius 2 is 2.05 bits per heavy atom. The molecule has 21 heavy (non-hydrogen) atoms. The average molecular weight is 283 g/mol. The summed E-state index contributed by atoms with van der Waals surface area (Å²) < 4.78 is 10.4. The highest BCUT2D eigenvalue weighted by atomic mass is 16.5. The van der Waals surface area contributed by atoms with Gasteiger partial charge < -0.3 is 14.8 Å². The molecule has 5 nitrogen and oxygen atoms in total. The van der Waals surface area contributed by atoms with Gasteiger partial charge in [-0.25, -0.2) is 4.98 Å². The Morgan fingerprint density at radius 1 is 1.19 bits per heavy atom. The first kappa shape index (κ1) is 14.8. The zero-order chi connectivity index (χ0) is 15.1. The summed E-state index contributed by atoms with van der Waals surface area (Å²) in [6.45, 7) is 1.32. The normalized spacial score (nSPS) is 9.95. The predicted octanol–water partition coefficient (Wildman–Crippen LogP) is 2.26. The van der Waals surface area contributed by atoms with Crippen molar-refractivity contribution in [2.24, 2.45) is 0 Å². The monoisotopic (exact) mass is 283 g/mol. The van der Waals surface area contributed by atoms with Gasteiger partial charge in [0.15, 0.2) is 0 Å². The summed E-state index contributed by atoms with van der Waals surface area (Å²) in [6, 6.07) is 11.5. The van der Waals surface area contributed by atoms with Crippen LogP contribution < -0.4 is 14.8 Å². The van der Waals surface area contributed by atoms with Gasteiger partial charge in [0.2, 0.25) is 5.88 Å². The highest BCUT2D eigenvalue weighted by Crippen LogP contribution is 2.19. The summed E-state index contributed by atoms with van der Waals surface area (Å²) in [7, 11) is 3.17. The van der Waals surface area contributed by atoms with Gasteiger partial charge in [-0.2, -0.15) is 5.26 Å². The van der Waals surface area contributed by atoms with Crippen LogP contribution in [0.15, 0.2) is 36.5 Å². The molecule has 0 radical (unpaired) electrons. The molecule has 0 aliphatic heterocycles. The number of nitriles is 1. The van der Waals surface area contributed by atoms with Crippen LogP contribution in [0, 0.1) is 11.3 Å². The molecule has 0 aliphatic carbocycles. The van der Waals surface area contributed by atoms with E-state index in [0.717, 1.165) is 11.1 Å². The number of hydrogen-bond acceptors (Lipinski definition) is 5. The number of hydrogen-bond donors (Lipinski definition) is 1. The second-order valence-corrected chi connectivity index (χ2v) is 4.42. The van der Waals surface area contributed by atoms with Crippen molar-refractivity contribution in [3.05, 3.63) is 53.2 Å². The number of ether oxygens (including phenoxy) is 2. The maximum Gasteiger partial charge on any atom is 0.217 e. The van der Waals surface area contributed by atoms with Gasteiger partial charge in [0.05, 0.1) is 19.8 Å². The molecule has 5 heteroatoms. The minimum Gasteiger partial charge on any atom is -0.495 e. The Morgan fingerprint density at radius 3 is 2.76 bits per heavy atom. The van der Waals surface area contributed by atoms with E-state index in [-0.39, 0.29) is 0 Å². The summed E-state index contributed by atoms with van der Waals surface area (Å²) >= 11 is 0. The summed E-state index contributed by atoms with van der Waals surface area (Å²) in [5.74, 6) is 1.22.